The maximum Gasteiger partial charge on any atom is 0.316 e. The number of carbonyl (C=O) groups is 2. The van der Waals surface area contributed by atoms with Crippen molar-refractivity contribution in [3.05, 3.63) is 46.2 Å². The lowest BCUT2D eigenvalue weighted by atomic mass is 10.2. The summed E-state index contributed by atoms with van der Waals surface area (Å²) in [4.78, 5) is 25.3. The zero-order chi connectivity index (χ0) is 18.2. The van der Waals surface area contributed by atoms with E-state index in [-0.39, 0.29) is 11.7 Å². The minimum Gasteiger partial charge on any atom is -0.495 e. The number of amides is 1. The van der Waals surface area contributed by atoms with Gasteiger partial charge < -0.3 is 14.8 Å². The normalized spacial score (nSPS) is 11.6. The summed E-state index contributed by atoms with van der Waals surface area (Å²) >= 11 is 3.12. The molecule has 0 aliphatic heterocycles. The number of thiophene rings is 1. The molecule has 5 nitrogen and oxygen atoms in total. The summed E-state index contributed by atoms with van der Waals surface area (Å²) in [6.45, 7) is 3.48. The predicted octanol–water partition coefficient (Wildman–Crippen LogP) is 3.87. The molecule has 0 saturated heterocycles. The van der Waals surface area contributed by atoms with Gasteiger partial charge in [0.25, 0.3) is 5.91 Å². The molecule has 0 unspecified atom stereocenters. The highest BCUT2D eigenvalue weighted by molar-refractivity contribution is 7.99. The Morgan fingerprint density at radius 3 is 2.80 bits per heavy atom. The van der Waals surface area contributed by atoms with Gasteiger partial charge in [0.15, 0.2) is 6.10 Å². The van der Waals surface area contributed by atoms with Crippen molar-refractivity contribution in [1.29, 1.82) is 0 Å². The summed E-state index contributed by atoms with van der Waals surface area (Å²) in [5.41, 5.74) is 1.55. The number of carbonyl (C=O) groups excluding carboxylic acids is 2. The number of nitrogens with one attached hydrogen (secondary N) is 1. The minimum absolute atomic E-state index is 0.212. The number of hydrogen-bond acceptors (Lipinski definition) is 6. The summed E-state index contributed by atoms with van der Waals surface area (Å²) in [7, 11) is 1.54. The first kappa shape index (κ1) is 19.3. The molecular weight excluding hydrogens is 358 g/mol. The molecule has 0 bridgehead atoms. The highest BCUT2D eigenvalue weighted by Crippen LogP contribution is 2.25. The molecule has 2 rings (SSSR count). The highest BCUT2D eigenvalue weighted by atomic mass is 32.2. The number of anilines is 1. The van der Waals surface area contributed by atoms with Crippen molar-refractivity contribution >= 4 is 40.7 Å². The van der Waals surface area contributed by atoms with E-state index in [0.717, 1.165) is 11.3 Å². The lowest BCUT2D eigenvalue weighted by Crippen LogP contribution is -2.30. The zero-order valence-electron chi connectivity index (χ0n) is 14.4. The molecule has 1 atom stereocenters. The van der Waals surface area contributed by atoms with Crippen molar-refractivity contribution < 1.29 is 19.1 Å². The molecule has 7 heteroatoms. The molecule has 2 aromatic rings. The quantitative estimate of drug-likeness (QED) is 0.706. The Hall–Kier alpha value is -1.99. The van der Waals surface area contributed by atoms with E-state index in [1.807, 2.05) is 36.6 Å². The molecule has 0 spiro atoms. The van der Waals surface area contributed by atoms with Gasteiger partial charge in [-0.25, -0.2) is 0 Å². The number of methoxy groups -OCH3 is 1. The van der Waals surface area contributed by atoms with Crippen LogP contribution in [-0.2, 0) is 20.1 Å². The van der Waals surface area contributed by atoms with E-state index in [0.29, 0.717) is 11.4 Å². The van der Waals surface area contributed by atoms with Crippen molar-refractivity contribution in [1.82, 2.24) is 0 Å². The van der Waals surface area contributed by atoms with E-state index in [4.69, 9.17) is 9.47 Å². The number of aryl methyl sites for hydroxylation is 1. The predicted molar refractivity (Wildman–Crippen MR) is 102 cm³/mol. The molecule has 1 amide bonds. The van der Waals surface area contributed by atoms with Crippen LogP contribution < -0.4 is 10.1 Å². The molecule has 25 heavy (non-hydrogen) atoms. The second-order valence-corrected chi connectivity index (χ2v) is 7.42. The van der Waals surface area contributed by atoms with Crippen LogP contribution in [-0.4, -0.2) is 30.8 Å². The highest BCUT2D eigenvalue weighted by Gasteiger charge is 2.19. The molecule has 134 valence electrons. The SMILES string of the molecule is COc1ccc(C)cc1NC(=O)[C@H](C)OC(=O)CSCc1cccs1. The average Bonchev–Trinajstić information content (AvgIpc) is 3.08. The van der Waals surface area contributed by atoms with Crippen LogP contribution in [0.25, 0.3) is 0 Å². The van der Waals surface area contributed by atoms with Crippen LogP contribution in [0.3, 0.4) is 0 Å². The molecule has 1 heterocycles. The largest absolute Gasteiger partial charge is 0.495 e. The lowest BCUT2D eigenvalue weighted by Gasteiger charge is -2.15. The number of ether oxygens (including phenoxy) is 2. The van der Waals surface area contributed by atoms with E-state index < -0.39 is 12.1 Å². The van der Waals surface area contributed by atoms with Gasteiger partial charge in [0.1, 0.15) is 5.75 Å². The van der Waals surface area contributed by atoms with Crippen molar-refractivity contribution in [3.8, 4) is 5.75 Å². The molecule has 0 fully saturated rings. The Balaban J connectivity index is 1.81. The summed E-state index contributed by atoms with van der Waals surface area (Å²) in [6.07, 6.45) is -0.875. The van der Waals surface area contributed by atoms with E-state index in [1.54, 1.807) is 24.3 Å². The number of hydrogen-bond donors (Lipinski definition) is 1. The molecular formula is C18H21NO4S2. The molecule has 1 N–H and O–H groups in total. The molecule has 1 aromatic heterocycles. The third kappa shape index (κ3) is 6.10. The molecule has 0 aliphatic rings. The Morgan fingerprint density at radius 2 is 2.12 bits per heavy atom. The van der Waals surface area contributed by atoms with Crippen LogP contribution in [0, 0.1) is 6.92 Å². The maximum absolute atomic E-state index is 12.2. The van der Waals surface area contributed by atoms with Crippen molar-refractivity contribution in [3.63, 3.8) is 0 Å². The van der Waals surface area contributed by atoms with Gasteiger partial charge in [0.2, 0.25) is 0 Å². The zero-order valence-corrected chi connectivity index (χ0v) is 16.0. The molecule has 0 aliphatic carbocycles. The first-order valence-corrected chi connectivity index (χ1v) is 9.78. The number of esters is 1. The second-order valence-electron chi connectivity index (χ2n) is 5.40. The fraction of sp³-hybridized carbons (Fsp3) is 0.333. The van der Waals surface area contributed by atoms with Crippen LogP contribution in [0.15, 0.2) is 35.7 Å². The van der Waals surface area contributed by atoms with Crippen molar-refractivity contribution in [2.24, 2.45) is 0 Å². The first-order valence-electron chi connectivity index (χ1n) is 7.74. The standard InChI is InChI=1S/C18H21NO4S2/c1-12-6-7-16(22-3)15(9-12)19-18(21)13(2)23-17(20)11-24-10-14-5-4-8-25-14/h4-9,13H,10-11H2,1-3H3,(H,19,21)/t13-/m0/s1. The van der Waals surface area contributed by atoms with Crippen LogP contribution >= 0.6 is 23.1 Å². The maximum atomic E-state index is 12.2. The summed E-state index contributed by atoms with van der Waals surface area (Å²) in [5, 5.41) is 4.74. The van der Waals surface area contributed by atoms with E-state index in [9.17, 15) is 9.59 Å². The Labute approximate surface area is 155 Å². The van der Waals surface area contributed by atoms with Crippen molar-refractivity contribution in [2.45, 2.75) is 25.7 Å². The van der Waals surface area contributed by atoms with Crippen molar-refractivity contribution in [2.75, 3.05) is 18.2 Å². The van der Waals surface area contributed by atoms with Crippen LogP contribution in [0.1, 0.15) is 17.4 Å². The van der Waals surface area contributed by atoms with Gasteiger partial charge in [-0.2, -0.15) is 0 Å². The van der Waals surface area contributed by atoms with Crippen LogP contribution in [0.4, 0.5) is 5.69 Å². The van der Waals surface area contributed by atoms with Gasteiger partial charge in [-0.1, -0.05) is 12.1 Å². The van der Waals surface area contributed by atoms with Gasteiger partial charge in [-0.3, -0.25) is 9.59 Å². The minimum atomic E-state index is -0.875. The summed E-state index contributed by atoms with van der Waals surface area (Å²) in [5.74, 6) is 0.738. The van der Waals surface area contributed by atoms with Gasteiger partial charge in [0, 0.05) is 10.6 Å². The summed E-state index contributed by atoms with van der Waals surface area (Å²) < 4.78 is 10.4. The summed E-state index contributed by atoms with van der Waals surface area (Å²) in [6, 6.07) is 9.48. The number of thioether (sulfide) groups is 1. The molecule has 0 radical (unpaired) electrons. The topological polar surface area (TPSA) is 64.6 Å². The number of benzene rings is 1. The average molecular weight is 380 g/mol. The van der Waals surface area contributed by atoms with Crippen LogP contribution in [0.5, 0.6) is 5.75 Å². The lowest BCUT2D eigenvalue weighted by molar-refractivity contribution is -0.150. The first-order chi connectivity index (χ1) is 12.0. The number of rotatable bonds is 8. The van der Waals surface area contributed by atoms with Gasteiger partial charge in [-0.15, -0.1) is 23.1 Å². The second kappa shape index (κ2) is 9.48. The van der Waals surface area contributed by atoms with E-state index in [2.05, 4.69) is 5.32 Å². The third-order valence-corrected chi connectivity index (χ3v) is 5.35. The fourth-order valence-electron chi connectivity index (χ4n) is 2.07. The monoisotopic (exact) mass is 379 g/mol. The Kier molecular flexibility index (Phi) is 7.33. The van der Waals surface area contributed by atoms with Crippen LogP contribution in [0.2, 0.25) is 0 Å². The smallest absolute Gasteiger partial charge is 0.316 e. The van der Waals surface area contributed by atoms with E-state index >= 15 is 0 Å². The molecule has 0 saturated carbocycles. The van der Waals surface area contributed by atoms with Gasteiger partial charge in [0.05, 0.1) is 18.6 Å². The Morgan fingerprint density at radius 1 is 1.32 bits per heavy atom. The third-order valence-electron chi connectivity index (χ3n) is 3.33. The fourth-order valence-corrected chi connectivity index (χ4v) is 3.71. The van der Waals surface area contributed by atoms with E-state index in [1.165, 1.54) is 23.7 Å². The van der Waals surface area contributed by atoms with Gasteiger partial charge in [-0.05, 0) is 43.0 Å². The molecule has 1 aromatic carbocycles. The van der Waals surface area contributed by atoms with Gasteiger partial charge >= 0.3 is 5.97 Å². The Bertz CT molecular complexity index is 716.